The molecule has 0 aliphatic carbocycles. The first kappa shape index (κ1) is 49.0. The molecule has 1 atom stereocenters. The van der Waals surface area contributed by atoms with Gasteiger partial charge in [-0.25, -0.2) is 0 Å². The van der Waals surface area contributed by atoms with Crippen LogP contribution in [0.2, 0.25) is 0 Å². The molecule has 3 saturated heterocycles. The summed E-state index contributed by atoms with van der Waals surface area (Å²) >= 11 is 0. The monoisotopic (exact) mass is 770 g/mol. The van der Waals surface area contributed by atoms with Gasteiger partial charge in [0.15, 0.2) is 0 Å². The van der Waals surface area contributed by atoms with Crippen LogP contribution >= 0.6 is 0 Å². The molecule has 2 radical (unpaired) electrons. The average molecular weight is 770 g/mol. The number of piperazine rings is 1. The Balaban J connectivity index is 0.000000315. The zero-order chi connectivity index (χ0) is 41.3. The van der Waals surface area contributed by atoms with Crippen LogP contribution in [0.25, 0.3) is 0 Å². The molecule has 11 nitrogen and oxygen atoms in total. The van der Waals surface area contributed by atoms with Crippen LogP contribution < -0.4 is 20.4 Å². The van der Waals surface area contributed by atoms with Crippen molar-refractivity contribution < 1.29 is 38.5 Å². The van der Waals surface area contributed by atoms with Crippen LogP contribution in [0.15, 0.2) is 48.5 Å². The van der Waals surface area contributed by atoms with E-state index in [2.05, 4.69) is 49.4 Å². The van der Waals surface area contributed by atoms with Crippen LogP contribution in [0, 0.1) is 0 Å². The van der Waals surface area contributed by atoms with Crippen molar-refractivity contribution in [1.29, 1.82) is 0 Å². The number of aliphatic hydroxyl groups is 2. The lowest BCUT2D eigenvalue weighted by Crippen LogP contribution is -2.44. The molecule has 0 aromatic heterocycles. The van der Waals surface area contributed by atoms with Gasteiger partial charge in [0.1, 0.15) is 32.1 Å². The van der Waals surface area contributed by atoms with Crippen molar-refractivity contribution in [3.8, 4) is 11.5 Å². The molecule has 310 valence electrons. The second-order valence-corrected chi connectivity index (χ2v) is 16.3. The van der Waals surface area contributed by atoms with Crippen molar-refractivity contribution in [2.24, 2.45) is 0 Å². The summed E-state index contributed by atoms with van der Waals surface area (Å²) in [5.41, 5.74) is -0.857. The molecule has 3 aliphatic rings. The second-order valence-electron chi connectivity index (χ2n) is 16.3. The first-order valence-corrected chi connectivity index (χ1v) is 20.0. The van der Waals surface area contributed by atoms with E-state index in [4.69, 9.17) is 46.3 Å². The Morgan fingerprint density at radius 2 is 1.25 bits per heavy atom. The molecular formula is C42H73B2N3O8. The van der Waals surface area contributed by atoms with Crippen LogP contribution in [0.1, 0.15) is 75.7 Å². The van der Waals surface area contributed by atoms with Crippen molar-refractivity contribution in [3.05, 3.63) is 48.5 Å². The Morgan fingerprint density at radius 3 is 1.75 bits per heavy atom. The minimum absolute atomic E-state index is 0.0654. The number of morpholine rings is 1. The van der Waals surface area contributed by atoms with Crippen LogP contribution in [-0.2, 0) is 18.8 Å². The summed E-state index contributed by atoms with van der Waals surface area (Å²) in [6, 6.07) is 15.5. The number of rotatable bonds is 13. The molecule has 3 heterocycles. The van der Waals surface area contributed by atoms with E-state index in [0.29, 0.717) is 6.61 Å². The van der Waals surface area contributed by atoms with Gasteiger partial charge in [-0.3, -0.25) is 4.90 Å². The van der Waals surface area contributed by atoms with E-state index >= 15 is 0 Å². The topological polar surface area (TPSA) is 106 Å². The summed E-state index contributed by atoms with van der Waals surface area (Å²) in [6.07, 6.45) is 1.12. The third-order valence-electron chi connectivity index (χ3n) is 10.6. The van der Waals surface area contributed by atoms with Crippen molar-refractivity contribution in [1.82, 2.24) is 14.7 Å². The zero-order valence-corrected chi connectivity index (χ0v) is 36.2. The van der Waals surface area contributed by atoms with E-state index in [0.717, 1.165) is 74.8 Å². The predicted octanol–water partition coefficient (Wildman–Crippen LogP) is 3.76. The first-order chi connectivity index (χ1) is 25.8. The highest BCUT2D eigenvalue weighted by atomic mass is 16.7. The van der Waals surface area contributed by atoms with Crippen molar-refractivity contribution in [3.63, 3.8) is 0 Å². The minimum Gasteiger partial charge on any atom is -0.494 e. The van der Waals surface area contributed by atoms with E-state index in [9.17, 15) is 0 Å². The number of methoxy groups -OCH3 is 1. The Labute approximate surface area is 335 Å². The molecule has 55 heavy (non-hydrogen) atoms. The molecule has 2 aromatic rings. The van der Waals surface area contributed by atoms with Crippen LogP contribution in [0.5, 0.6) is 11.5 Å². The van der Waals surface area contributed by atoms with E-state index in [-0.39, 0.29) is 24.4 Å². The Hall–Kier alpha value is -2.19. The van der Waals surface area contributed by atoms with Gasteiger partial charge in [0.25, 0.3) is 0 Å². The van der Waals surface area contributed by atoms with E-state index < -0.39 is 11.2 Å². The van der Waals surface area contributed by atoms with Gasteiger partial charge in [-0.2, -0.15) is 0 Å². The maximum Gasteiger partial charge on any atom is 0.494 e. The smallest absolute Gasteiger partial charge is 0.494 e. The number of ether oxygens (including phenoxy) is 4. The maximum atomic E-state index is 9.10. The van der Waals surface area contributed by atoms with E-state index in [1.807, 2.05) is 62.4 Å². The van der Waals surface area contributed by atoms with Crippen molar-refractivity contribution >= 4 is 25.9 Å². The van der Waals surface area contributed by atoms with Gasteiger partial charge < -0.3 is 48.3 Å². The second kappa shape index (κ2) is 23.3. The van der Waals surface area contributed by atoms with E-state index in [1.54, 1.807) is 34.8 Å². The summed E-state index contributed by atoms with van der Waals surface area (Å²) in [5, 5.41) is 18.2. The number of hydrogen-bond donors (Lipinski definition) is 2. The highest BCUT2D eigenvalue weighted by molar-refractivity contribution is 6.62. The fourth-order valence-electron chi connectivity index (χ4n) is 5.27. The summed E-state index contributed by atoms with van der Waals surface area (Å²) in [4.78, 5) is 7.24. The Morgan fingerprint density at radius 1 is 0.764 bits per heavy atom. The highest BCUT2D eigenvalue weighted by Crippen LogP contribution is 2.36. The molecule has 0 saturated carbocycles. The molecule has 0 spiro atoms. The van der Waals surface area contributed by atoms with Gasteiger partial charge in [0.2, 0.25) is 0 Å². The molecular weight excluding hydrogens is 696 g/mol. The molecule has 2 aromatic carbocycles. The lowest BCUT2D eigenvalue weighted by molar-refractivity contribution is -0.107. The third kappa shape index (κ3) is 17.5. The van der Waals surface area contributed by atoms with Gasteiger partial charge in [0, 0.05) is 59.5 Å². The zero-order valence-electron chi connectivity index (χ0n) is 36.2. The number of hydrogen-bond acceptors (Lipinski definition) is 11. The normalized spacial score (nSPS) is 19.5. The lowest BCUT2D eigenvalue weighted by atomic mass is 9.79. The molecule has 3 fully saturated rings. The van der Waals surface area contributed by atoms with Gasteiger partial charge in [-0.1, -0.05) is 43.6 Å². The van der Waals surface area contributed by atoms with E-state index in [1.165, 1.54) is 26.2 Å². The summed E-state index contributed by atoms with van der Waals surface area (Å²) in [6.45, 7) is 30.1. The van der Waals surface area contributed by atoms with Crippen LogP contribution in [-0.4, -0.2) is 161 Å². The average Bonchev–Trinajstić information content (AvgIpc) is 3.37. The fraction of sp³-hybridized carbons (Fsp3) is 0.714. The van der Waals surface area contributed by atoms with Gasteiger partial charge in [0.05, 0.1) is 42.2 Å². The van der Waals surface area contributed by atoms with Gasteiger partial charge in [-0.15, -0.1) is 0 Å². The minimum atomic E-state index is -1.01. The summed E-state index contributed by atoms with van der Waals surface area (Å²) in [5.74, 6) is 1.72. The molecule has 1 unspecified atom stereocenters. The Kier molecular flexibility index (Phi) is 20.7. The number of benzene rings is 2. The third-order valence-corrected chi connectivity index (χ3v) is 10.6. The Bertz CT molecular complexity index is 1280. The van der Waals surface area contributed by atoms with Crippen molar-refractivity contribution in [2.45, 2.75) is 104 Å². The molecule has 5 rings (SSSR count). The molecule has 13 heteroatoms. The van der Waals surface area contributed by atoms with Gasteiger partial charge in [-0.05, 0) is 98.6 Å². The number of nitrogens with zero attached hydrogens (tertiary/aromatic N) is 3. The standard InChI is InChI=1S/C20H33BN2O3.C14H20BNO3.C6H14O2.C2H6/c1-19(2)20(3,4)26-21(25-19)17-7-9-18(10-8-17)24-16-6-11-23-14-12-22(5)13-15-23;1-17-14(10-16-6-8-18-9-7-16)11-19-13-4-2-12(15)3-5-13;1-5(2,7)6(3,4)8;1-2/h7-10H,6,11-16H2,1-5H3;2-5,14H,6-11H2,1H3;7-8H,1-4H3;1-2H3. The quantitative estimate of drug-likeness (QED) is 0.230. The van der Waals surface area contributed by atoms with Crippen LogP contribution in [0.3, 0.4) is 0 Å². The largest absolute Gasteiger partial charge is 0.494 e. The van der Waals surface area contributed by atoms with Crippen molar-refractivity contribution in [2.75, 3.05) is 92.9 Å². The first-order valence-electron chi connectivity index (χ1n) is 20.0. The molecule has 0 amide bonds. The molecule has 0 bridgehead atoms. The SMILES string of the molecule is CC.CC(C)(O)C(C)(C)O.CN1CCN(CCCOc2ccc(B3OC(C)(C)C(C)(C)O3)cc2)CC1.[B]c1ccc(OCC(CN2CCOCC2)OC)cc1. The summed E-state index contributed by atoms with van der Waals surface area (Å²) in [7, 11) is 9.23. The highest BCUT2D eigenvalue weighted by Gasteiger charge is 2.51. The van der Waals surface area contributed by atoms with Gasteiger partial charge >= 0.3 is 7.12 Å². The maximum absolute atomic E-state index is 9.10. The lowest BCUT2D eigenvalue weighted by Gasteiger charge is -2.32. The fourth-order valence-corrected chi connectivity index (χ4v) is 5.27. The molecule has 3 aliphatic heterocycles. The predicted molar refractivity (Wildman–Crippen MR) is 226 cm³/mol. The number of likely N-dealkylation sites (N-methyl/N-ethyl adjacent to an activating group) is 1. The van der Waals surface area contributed by atoms with Crippen LogP contribution in [0.4, 0.5) is 0 Å². The molecule has 2 N–H and O–H groups in total. The summed E-state index contributed by atoms with van der Waals surface area (Å²) < 4.78 is 34.6.